The zero-order valence-electron chi connectivity index (χ0n) is 9.94. The number of thiophene rings is 1. The standard InChI is InChI=1S/C11H16N2O3S2/c12-18(15,16)6-2-5-13-11(14)10-7-8-3-1-4-9(8)17-10/h7H,1-6H2,(H,13,14)(H2,12,15,16). The van der Waals surface area contributed by atoms with Gasteiger partial charge in [0.2, 0.25) is 10.0 Å². The number of primary sulfonamides is 1. The third-order valence-electron chi connectivity index (χ3n) is 2.86. The number of fused-ring (bicyclic) bond motifs is 1. The first kappa shape index (κ1) is 13.5. The van der Waals surface area contributed by atoms with Crippen LogP contribution in [-0.4, -0.2) is 26.6 Å². The third kappa shape index (κ3) is 3.54. The lowest BCUT2D eigenvalue weighted by molar-refractivity contribution is 0.0957. The number of rotatable bonds is 5. The van der Waals surface area contributed by atoms with Gasteiger partial charge in [-0.2, -0.15) is 0 Å². The summed E-state index contributed by atoms with van der Waals surface area (Å²) in [7, 11) is -3.43. The maximum atomic E-state index is 11.8. The zero-order valence-corrected chi connectivity index (χ0v) is 11.6. The average Bonchev–Trinajstić information content (AvgIpc) is 2.82. The SMILES string of the molecule is NS(=O)(=O)CCCNC(=O)c1cc2c(s1)CCC2. The summed E-state index contributed by atoms with van der Waals surface area (Å²) in [5.41, 5.74) is 1.29. The Bertz CT molecular complexity index is 527. The summed E-state index contributed by atoms with van der Waals surface area (Å²) in [5, 5.41) is 7.59. The maximum Gasteiger partial charge on any atom is 0.261 e. The summed E-state index contributed by atoms with van der Waals surface area (Å²) in [5.74, 6) is -0.224. The minimum Gasteiger partial charge on any atom is -0.351 e. The van der Waals surface area contributed by atoms with Crippen molar-refractivity contribution in [2.24, 2.45) is 5.14 Å². The van der Waals surface area contributed by atoms with E-state index in [0.717, 1.165) is 17.7 Å². The molecule has 1 aliphatic carbocycles. The molecule has 5 nitrogen and oxygen atoms in total. The number of hydrogen-bond acceptors (Lipinski definition) is 4. The molecule has 0 saturated carbocycles. The van der Waals surface area contributed by atoms with Crippen LogP contribution in [0.5, 0.6) is 0 Å². The molecule has 18 heavy (non-hydrogen) atoms. The second-order valence-corrected chi connectivity index (χ2v) is 7.26. The van der Waals surface area contributed by atoms with Crippen molar-refractivity contribution in [2.75, 3.05) is 12.3 Å². The summed E-state index contributed by atoms with van der Waals surface area (Å²) in [6, 6.07) is 1.95. The van der Waals surface area contributed by atoms with Gasteiger partial charge in [0.05, 0.1) is 10.6 Å². The monoisotopic (exact) mass is 288 g/mol. The van der Waals surface area contributed by atoms with Crippen LogP contribution >= 0.6 is 11.3 Å². The summed E-state index contributed by atoms with van der Waals surface area (Å²) >= 11 is 1.54. The van der Waals surface area contributed by atoms with Crippen LogP contribution < -0.4 is 10.5 Å². The number of nitrogens with two attached hydrogens (primary N) is 1. The quantitative estimate of drug-likeness (QED) is 0.779. The molecule has 0 aromatic carbocycles. The van der Waals surface area contributed by atoms with Crippen molar-refractivity contribution in [2.45, 2.75) is 25.7 Å². The highest BCUT2D eigenvalue weighted by atomic mass is 32.2. The molecule has 0 aliphatic heterocycles. The Morgan fingerprint density at radius 1 is 1.44 bits per heavy atom. The number of nitrogens with one attached hydrogen (secondary N) is 1. The maximum absolute atomic E-state index is 11.8. The second-order valence-electron chi connectivity index (χ2n) is 4.39. The highest BCUT2D eigenvalue weighted by Gasteiger charge is 2.18. The van der Waals surface area contributed by atoms with Gasteiger partial charge in [-0.1, -0.05) is 0 Å². The highest BCUT2D eigenvalue weighted by molar-refractivity contribution is 7.89. The Labute approximate surface area is 110 Å². The molecule has 0 radical (unpaired) electrons. The van der Waals surface area contributed by atoms with Crippen molar-refractivity contribution in [3.63, 3.8) is 0 Å². The number of amides is 1. The van der Waals surface area contributed by atoms with E-state index in [1.54, 1.807) is 0 Å². The minimum atomic E-state index is -3.43. The van der Waals surface area contributed by atoms with Crippen LogP contribution in [0.3, 0.4) is 0 Å². The lowest BCUT2D eigenvalue weighted by atomic mass is 10.2. The van der Waals surface area contributed by atoms with Crippen molar-refractivity contribution >= 4 is 27.3 Å². The van der Waals surface area contributed by atoms with Gasteiger partial charge >= 0.3 is 0 Å². The predicted molar refractivity (Wildman–Crippen MR) is 71.3 cm³/mol. The van der Waals surface area contributed by atoms with Crippen LogP contribution in [0.2, 0.25) is 0 Å². The predicted octanol–water partition coefficient (Wildman–Crippen LogP) is 0.645. The molecule has 0 spiro atoms. The normalized spacial score (nSPS) is 14.5. The van der Waals surface area contributed by atoms with E-state index >= 15 is 0 Å². The first-order valence-corrected chi connectivity index (χ1v) is 8.39. The van der Waals surface area contributed by atoms with Gasteiger partial charge < -0.3 is 5.32 Å². The van der Waals surface area contributed by atoms with Crippen LogP contribution in [0, 0.1) is 0 Å². The smallest absolute Gasteiger partial charge is 0.261 e. The molecular weight excluding hydrogens is 272 g/mol. The fourth-order valence-electron chi connectivity index (χ4n) is 2.00. The van der Waals surface area contributed by atoms with Gasteiger partial charge in [-0.3, -0.25) is 4.79 Å². The van der Waals surface area contributed by atoms with Crippen LogP contribution in [-0.2, 0) is 22.9 Å². The molecule has 1 aromatic rings. The number of carbonyl (C=O) groups excluding carboxylic acids is 1. The molecule has 1 aliphatic rings. The molecule has 0 unspecified atom stereocenters. The van der Waals surface area contributed by atoms with Crippen molar-refractivity contribution in [1.82, 2.24) is 5.32 Å². The largest absolute Gasteiger partial charge is 0.351 e. The molecule has 0 atom stereocenters. The Morgan fingerprint density at radius 2 is 2.22 bits per heavy atom. The van der Waals surface area contributed by atoms with Gasteiger partial charge in [0.25, 0.3) is 5.91 Å². The second kappa shape index (κ2) is 5.38. The first-order chi connectivity index (χ1) is 8.46. The Kier molecular flexibility index (Phi) is 4.04. The molecule has 0 bridgehead atoms. The van der Waals surface area contributed by atoms with E-state index in [9.17, 15) is 13.2 Å². The Balaban J connectivity index is 1.81. The molecular formula is C11H16N2O3S2. The van der Waals surface area contributed by atoms with Crippen molar-refractivity contribution in [1.29, 1.82) is 0 Å². The van der Waals surface area contributed by atoms with Crippen LogP contribution in [0.15, 0.2) is 6.07 Å². The Morgan fingerprint density at radius 3 is 2.89 bits per heavy atom. The molecule has 100 valence electrons. The topological polar surface area (TPSA) is 89.3 Å². The van der Waals surface area contributed by atoms with Gasteiger partial charge in [0.15, 0.2) is 0 Å². The number of hydrogen-bond donors (Lipinski definition) is 2. The molecule has 1 heterocycles. The van der Waals surface area contributed by atoms with Gasteiger partial charge in [0, 0.05) is 11.4 Å². The number of aryl methyl sites for hydroxylation is 2. The minimum absolute atomic E-state index is 0.103. The lowest BCUT2D eigenvalue weighted by Crippen LogP contribution is -2.26. The fourth-order valence-corrected chi connectivity index (χ4v) is 3.72. The average molecular weight is 288 g/mol. The molecule has 3 N–H and O–H groups in total. The highest BCUT2D eigenvalue weighted by Crippen LogP contribution is 2.30. The van der Waals surface area contributed by atoms with Crippen molar-refractivity contribution < 1.29 is 13.2 Å². The fraction of sp³-hybridized carbons (Fsp3) is 0.545. The molecule has 1 aromatic heterocycles. The van der Waals surface area contributed by atoms with E-state index < -0.39 is 10.0 Å². The van der Waals surface area contributed by atoms with Crippen LogP contribution in [0.4, 0.5) is 0 Å². The van der Waals surface area contributed by atoms with Gasteiger partial charge in [-0.05, 0) is 37.3 Å². The van der Waals surface area contributed by atoms with E-state index in [1.807, 2.05) is 6.07 Å². The first-order valence-electron chi connectivity index (χ1n) is 5.86. The van der Waals surface area contributed by atoms with E-state index in [2.05, 4.69) is 5.32 Å². The van der Waals surface area contributed by atoms with Crippen molar-refractivity contribution in [3.05, 3.63) is 21.4 Å². The lowest BCUT2D eigenvalue weighted by Gasteiger charge is -2.02. The van der Waals surface area contributed by atoms with E-state index in [-0.39, 0.29) is 11.7 Å². The summed E-state index contributed by atoms with van der Waals surface area (Å²) in [6.45, 7) is 0.331. The molecule has 7 heteroatoms. The van der Waals surface area contributed by atoms with Crippen LogP contribution in [0.25, 0.3) is 0 Å². The molecule has 0 saturated heterocycles. The van der Waals surface area contributed by atoms with Crippen molar-refractivity contribution in [3.8, 4) is 0 Å². The van der Waals surface area contributed by atoms with Gasteiger partial charge in [0.1, 0.15) is 0 Å². The van der Waals surface area contributed by atoms with Gasteiger partial charge in [-0.25, -0.2) is 13.6 Å². The number of sulfonamides is 1. The van der Waals surface area contributed by atoms with E-state index in [4.69, 9.17) is 5.14 Å². The summed E-state index contributed by atoms with van der Waals surface area (Å²) < 4.78 is 21.4. The molecule has 1 amide bonds. The number of carbonyl (C=O) groups is 1. The zero-order chi connectivity index (χ0) is 13.2. The molecule has 0 fully saturated rings. The van der Waals surface area contributed by atoms with E-state index in [1.165, 1.54) is 28.2 Å². The summed E-state index contributed by atoms with van der Waals surface area (Å²) in [6.07, 6.45) is 3.65. The molecule has 2 rings (SSSR count). The summed E-state index contributed by atoms with van der Waals surface area (Å²) in [4.78, 5) is 13.8. The van der Waals surface area contributed by atoms with Gasteiger partial charge in [-0.15, -0.1) is 11.3 Å². The van der Waals surface area contributed by atoms with Crippen LogP contribution in [0.1, 0.15) is 33.0 Å². The third-order valence-corrected chi connectivity index (χ3v) is 4.96. The van der Waals surface area contributed by atoms with E-state index in [0.29, 0.717) is 13.0 Å². The Hall–Kier alpha value is -0.920.